The van der Waals surface area contributed by atoms with Gasteiger partial charge in [-0.1, -0.05) is 12.8 Å². The lowest BCUT2D eigenvalue weighted by atomic mass is 9.69. The molecule has 0 radical (unpaired) electrons. The predicted octanol–water partition coefficient (Wildman–Crippen LogP) is 3.74. The van der Waals surface area contributed by atoms with Crippen LogP contribution in [0.1, 0.15) is 44.9 Å². The molecular formula is C13H22F3N. The third-order valence-electron chi connectivity index (χ3n) is 4.68. The van der Waals surface area contributed by atoms with Gasteiger partial charge in [-0.3, -0.25) is 0 Å². The molecule has 2 aliphatic rings. The van der Waals surface area contributed by atoms with Crippen LogP contribution in [0.5, 0.6) is 0 Å². The van der Waals surface area contributed by atoms with Crippen LogP contribution in [0.15, 0.2) is 0 Å². The third kappa shape index (κ3) is 2.95. The zero-order chi connectivity index (χ0) is 12.5. The van der Waals surface area contributed by atoms with Gasteiger partial charge in [0, 0.05) is 6.04 Å². The number of rotatable bonds is 3. The highest BCUT2D eigenvalue weighted by Gasteiger charge is 2.44. The molecule has 3 atom stereocenters. The minimum atomic E-state index is -3.99. The summed E-state index contributed by atoms with van der Waals surface area (Å²) in [5.74, 6) is -0.208. The zero-order valence-electron chi connectivity index (χ0n) is 10.4. The lowest BCUT2D eigenvalue weighted by molar-refractivity contribution is -0.187. The van der Waals surface area contributed by atoms with Crippen LogP contribution in [0, 0.1) is 17.8 Å². The van der Waals surface area contributed by atoms with Gasteiger partial charge >= 0.3 is 6.18 Å². The van der Waals surface area contributed by atoms with E-state index in [1.165, 1.54) is 19.3 Å². The Kier molecular flexibility index (Phi) is 4.01. The molecule has 0 aliphatic heterocycles. The van der Waals surface area contributed by atoms with Crippen LogP contribution in [-0.4, -0.2) is 19.3 Å². The van der Waals surface area contributed by atoms with E-state index in [2.05, 4.69) is 5.32 Å². The lowest BCUT2D eigenvalue weighted by Gasteiger charge is -2.42. The van der Waals surface area contributed by atoms with Crippen molar-refractivity contribution < 1.29 is 13.2 Å². The molecule has 0 aromatic heterocycles. The Labute approximate surface area is 101 Å². The summed E-state index contributed by atoms with van der Waals surface area (Å²) in [7, 11) is 1.90. The average molecular weight is 249 g/mol. The average Bonchev–Trinajstić information content (AvgIpc) is 2.22. The topological polar surface area (TPSA) is 12.0 Å². The summed E-state index contributed by atoms with van der Waals surface area (Å²) >= 11 is 0. The first-order valence-electron chi connectivity index (χ1n) is 6.76. The maximum absolute atomic E-state index is 12.8. The summed E-state index contributed by atoms with van der Waals surface area (Å²) in [5.41, 5.74) is 0. The molecule has 17 heavy (non-hydrogen) atoms. The summed E-state index contributed by atoms with van der Waals surface area (Å²) in [5, 5.41) is 3.28. The molecule has 0 saturated heterocycles. The van der Waals surface area contributed by atoms with E-state index < -0.39 is 12.1 Å². The fourth-order valence-electron chi connectivity index (χ4n) is 3.51. The molecule has 0 bridgehead atoms. The van der Waals surface area contributed by atoms with Gasteiger partial charge in [0.15, 0.2) is 0 Å². The highest BCUT2D eigenvalue weighted by Crippen LogP contribution is 2.44. The van der Waals surface area contributed by atoms with Crippen molar-refractivity contribution in [1.29, 1.82) is 0 Å². The van der Waals surface area contributed by atoms with Crippen LogP contribution in [-0.2, 0) is 0 Å². The van der Waals surface area contributed by atoms with Crippen molar-refractivity contribution in [3.05, 3.63) is 0 Å². The molecule has 2 aliphatic carbocycles. The van der Waals surface area contributed by atoms with Crippen LogP contribution >= 0.6 is 0 Å². The molecule has 4 heteroatoms. The lowest BCUT2D eigenvalue weighted by Crippen LogP contribution is -2.46. The van der Waals surface area contributed by atoms with Crippen molar-refractivity contribution in [1.82, 2.24) is 5.32 Å². The zero-order valence-corrected chi connectivity index (χ0v) is 10.4. The van der Waals surface area contributed by atoms with Gasteiger partial charge in [-0.2, -0.15) is 13.2 Å². The Bertz CT molecular complexity index is 248. The van der Waals surface area contributed by atoms with Gasteiger partial charge in [0.1, 0.15) is 0 Å². The largest absolute Gasteiger partial charge is 0.391 e. The van der Waals surface area contributed by atoms with E-state index in [0.29, 0.717) is 24.8 Å². The van der Waals surface area contributed by atoms with Crippen molar-refractivity contribution in [3.63, 3.8) is 0 Å². The number of alkyl halides is 3. The smallest absolute Gasteiger partial charge is 0.316 e. The first-order valence-corrected chi connectivity index (χ1v) is 6.76. The number of halogens is 3. The SMILES string of the molecule is CNC(C1CCC1)C1CCCC(C(F)(F)F)C1. The molecule has 1 N–H and O–H groups in total. The van der Waals surface area contributed by atoms with Gasteiger partial charge < -0.3 is 5.32 Å². The molecule has 0 aromatic rings. The van der Waals surface area contributed by atoms with Gasteiger partial charge in [0.25, 0.3) is 0 Å². The number of hydrogen-bond acceptors (Lipinski definition) is 1. The molecule has 2 rings (SSSR count). The van der Waals surface area contributed by atoms with Crippen molar-refractivity contribution in [2.75, 3.05) is 7.05 Å². The molecule has 2 saturated carbocycles. The molecule has 3 unspecified atom stereocenters. The monoisotopic (exact) mass is 249 g/mol. The summed E-state index contributed by atoms with van der Waals surface area (Å²) < 4.78 is 38.3. The first-order chi connectivity index (χ1) is 8.02. The normalized spacial score (nSPS) is 33.2. The van der Waals surface area contributed by atoms with Crippen molar-refractivity contribution in [3.8, 4) is 0 Å². The predicted molar refractivity (Wildman–Crippen MR) is 61.7 cm³/mol. The van der Waals surface area contributed by atoms with Gasteiger partial charge in [-0.25, -0.2) is 0 Å². The summed E-state index contributed by atoms with van der Waals surface area (Å²) in [6, 6.07) is 0.314. The Morgan fingerprint density at radius 3 is 2.06 bits per heavy atom. The second-order valence-corrected chi connectivity index (χ2v) is 5.67. The highest BCUT2D eigenvalue weighted by molar-refractivity contribution is 4.90. The molecule has 100 valence electrons. The van der Waals surface area contributed by atoms with Gasteiger partial charge in [0.2, 0.25) is 0 Å². The maximum Gasteiger partial charge on any atom is 0.391 e. The molecular weight excluding hydrogens is 227 g/mol. The summed E-state index contributed by atoms with van der Waals surface area (Å²) in [6.07, 6.45) is 2.02. The van der Waals surface area contributed by atoms with E-state index in [9.17, 15) is 13.2 Å². The molecule has 2 fully saturated rings. The van der Waals surface area contributed by atoms with Crippen molar-refractivity contribution in [2.45, 2.75) is 57.2 Å². The second-order valence-electron chi connectivity index (χ2n) is 5.67. The van der Waals surface area contributed by atoms with Crippen LogP contribution < -0.4 is 5.32 Å². The number of nitrogens with one attached hydrogen (secondary N) is 1. The summed E-state index contributed by atoms with van der Waals surface area (Å²) in [6.45, 7) is 0. The van der Waals surface area contributed by atoms with Gasteiger partial charge in [-0.15, -0.1) is 0 Å². The van der Waals surface area contributed by atoms with E-state index >= 15 is 0 Å². The van der Waals surface area contributed by atoms with Crippen molar-refractivity contribution in [2.24, 2.45) is 17.8 Å². The number of hydrogen-bond donors (Lipinski definition) is 1. The van der Waals surface area contributed by atoms with Crippen molar-refractivity contribution >= 4 is 0 Å². The quantitative estimate of drug-likeness (QED) is 0.803. The van der Waals surface area contributed by atoms with Gasteiger partial charge in [0.05, 0.1) is 5.92 Å². The maximum atomic E-state index is 12.8. The first kappa shape index (κ1) is 13.2. The minimum absolute atomic E-state index is 0.227. The van der Waals surface area contributed by atoms with E-state index in [-0.39, 0.29) is 5.92 Å². The molecule has 0 aromatic carbocycles. The summed E-state index contributed by atoms with van der Waals surface area (Å²) in [4.78, 5) is 0. The molecule has 0 amide bonds. The van der Waals surface area contributed by atoms with E-state index in [1.807, 2.05) is 7.05 Å². The fourth-order valence-corrected chi connectivity index (χ4v) is 3.51. The molecule has 0 spiro atoms. The standard InChI is InChI=1S/C13H22F3N/c1-17-12(9-4-2-5-9)10-6-3-7-11(8-10)13(14,15)16/h9-12,17H,2-8H2,1H3. The molecule has 0 heterocycles. The van der Waals surface area contributed by atoms with Crippen LogP contribution in [0.2, 0.25) is 0 Å². The van der Waals surface area contributed by atoms with E-state index in [4.69, 9.17) is 0 Å². The Morgan fingerprint density at radius 2 is 1.59 bits per heavy atom. The molecule has 1 nitrogen and oxygen atoms in total. The van der Waals surface area contributed by atoms with Crippen LogP contribution in [0.3, 0.4) is 0 Å². The Balaban J connectivity index is 1.95. The third-order valence-corrected chi connectivity index (χ3v) is 4.68. The van der Waals surface area contributed by atoms with Gasteiger partial charge in [-0.05, 0) is 51.0 Å². The highest BCUT2D eigenvalue weighted by atomic mass is 19.4. The Morgan fingerprint density at radius 1 is 1.00 bits per heavy atom. The van der Waals surface area contributed by atoms with Crippen LogP contribution in [0.4, 0.5) is 13.2 Å². The van der Waals surface area contributed by atoms with Crippen LogP contribution in [0.25, 0.3) is 0 Å². The second kappa shape index (κ2) is 5.17. The van der Waals surface area contributed by atoms with E-state index in [1.54, 1.807) is 0 Å². The van der Waals surface area contributed by atoms with E-state index in [0.717, 1.165) is 12.8 Å². The Hall–Kier alpha value is -0.250. The minimum Gasteiger partial charge on any atom is -0.316 e. The fraction of sp³-hybridized carbons (Fsp3) is 1.00.